The van der Waals surface area contributed by atoms with Crippen molar-refractivity contribution in [1.29, 1.82) is 0 Å². The highest BCUT2D eigenvalue weighted by molar-refractivity contribution is 7.10. The van der Waals surface area contributed by atoms with E-state index in [9.17, 15) is 9.90 Å². The van der Waals surface area contributed by atoms with E-state index in [-0.39, 0.29) is 12.5 Å². The molecule has 0 spiro atoms. The van der Waals surface area contributed by atoms with Crippen LogP contribution in [0.5, 0.6) is 0 Å². The number of hydrogen-bond donors (Lipinski definition) is 2. The molecule has 4 nitrogen and oxygen atoms in total. The van der Waals surface area contributed by atoms with Crippen molar-refractivity contribution in [3.63, 3.8) is 0 Å². The van der Waals surface area contributed by atoms with Crippen LogP contribution in [0, 0.1) is 13.8 Å². The molecule has 0 fully saturated rings. The number of aryl methyl sites for hydroxylation is 2. The average molecular weight is 279 g/mol. The SMILES string of the molecule is Cc1cc(C(=O)NC[C@@](C)(O)c2cccs2)c(C)o1. The molecular formula is C14H17NO3S. The topological polar surface area (TPSA) is 62.5 Å². The van der Waals surface area contributed by atoms with Crippen molar-refractivity contribution in [2.45, 2.75) is 26.4 Å². The molecule has 2 heterocycles. The van der Waals surface area contributed by atoms with E-state index in [1.54, 1.807) is 26.8 Å². The highest BCUT2D eigenvalue weighted by Crippen LogP contribution is 2.24. The molecule has 0 saturated carbocycles. The highest BCUT2D eigenvalue weighted by atomic mass is 32.1. The third-order valence-electron chi connectivity index (χ3n) is 2.93. The standard InChI is InChI=1S/C14H17NO3S/c1-9-7-11(10(2)18-9)13(16)15-8-14(3,17)12-5-4-6-19-12/h4-7,17H,8H2,1-3H3,(H,15,16)/t14-/m1/s1. The van der Waals surface area contributed by atoms with Gasteiger partial charge < -0.3 is 14.8 Å². The second-order valence-electron chi connectivity index (χ2n) is 4.76. The van der Waals surface area contributed by atoms with Gasteiger partial charge in [0, 0.05) is 4.88 Å². The summed E-state index contributed by atoms with van der Waals surface area (Å²) in [6.45, 7) is 5.40. The van der Waals surface area contributed by atoms with Crippen molar-refractivity contribution in [2.75, 3.05) is 6.54 Å². The van der Waals surface area contributed by atoms with Crippen molar-refractivity contribution in [3.8, 4) is 0 Å². The fraction of sp³-hybridized carbons (Fsp3) is 0.357. The van der Waals surface area contributed by atoms with E-state index in [0.717, 1.165) is 4.88 Å². The Morgan fingerprint density at radius 2 is 2.26 bits per heavy atom. The lowest BCUT2D eigenvalue weighted by Gasteiger charge is -2.22. The number of carbonyl (C=O) groups excluding carboxylic acids is 1. The fourth-order valence-electron chi connectivity index (χ4n) is 1.88. The minimum atomic E-state index is -1.06. The minimum absolute atomic E-state index is 0.163. The Morgan fingerprint density at radius 3 is 2.79 bits per heavy atom. The van der Waals surface area contributed by atoms with Crippen molar-refractivity contribution in [1.82, 2.24) is 5.32 Å². The Morgan fingerprint density at radius 1 is 1.53 bits per heavy atom. The van der Waals surface area contributed by atoms with Crippen LogP contribution < -0.4 is 5.32 Å². The summed E-state index contributed by atoms with van der Waals surface area (Å²) in [4.78, 5) is 12.8. The van der Waals surface area contributed by atoms with Gasteiger partial charge in [-0.15, -0.1) is 11.3 Å². The molecule has 2 aromatic heterocycles. The second-order valence-corrected chi connectivity index (χ2v) is 5.71. The Balaban J connectivity index is 2.03. The van der Waals surface area contributed by atoms with Crippen molar-refractivity contribution in [3.05, 3.63) is 45.5 Å². The lowest BCUT2D eigenvalue weighted by molar-refractivity contribution is 0.0556. The summed E-state index contributed by atoms with van der Waals surface area (Å²) in [7, 11) is 0. The number of furan rings is 1. The summed E-state index contributed by atoms with van der Waals surface area (Å²) >= 11 is 1.46. The number of rotatable bonds is 4. The van der Waals surface area contributed by atoms with Crippen LogP contribution in [0.25, 0.3) is 0 Å². The van der Waals surface area contributed by atoms with Crippen LogP contribution in [0.2, 0.25) is 0 Å². The first-order valence-electron chi connectivity index (χ1n) is 6.02. The molecule has 0 unspecified atom stereocenters. The van der Waals surface area contributed by atoms with Gasteiger partial charge in [-0.05, 0) is 38.3 Å². The fourth-order valence-corrected chi connectivity index (χ4v) is 2.66. The molecule has 5 heteroatoms. The molecule has 0 aliphatic carbocycles. The molecule has 2 N–H and O–H groups in total. The summed E-state index contributed by atoms with van der Waals surface area (Å²) in [6.07, 6.45) is 0. The predicted molar refractivity (Wildman–Crippen MR) is 74.4 cm³/mol. The maximum absolute atomic E-state index is 12.0. The second kappa shape index (κ2) is 5.19. The highest BCUT2D eigenvalue weighted by Gasteiger charge is 2.25. The van der Waals surface area contributed by atoms with E-state index in [0.29, 0.717) is 17.1 Å². The van der Waals surface area contributed by atoms with Gasteiger partial charge in [-0.1, -0.05) is 6.07 Å². The van der Waals surface area contributed by atoms with E-state index in [4.69, 9.17) is 4.42 Å². The molecular weight excluding hydrogens is 262 g/mol. The summed E-state index contributed by atoms with van der Waals surface area (Å²) in [5.74, 6) is 1.06. The number of aliphatic hydroxyl groups is 1. The first kappa shape index (κ1) is 13.8. The Bertz CT molecular complexity index is 570. The molecule has 0 bridgehead atoms. The van der Waals surface area contributed by atoms with Gasteiger partial charge in [-0.25, -0.2) is 0 Å². The number of thiophene rings is 1. The number of nitrogens with one attached hydrogen (secondary N) is 1. The van der Waals surface area contributed by atoms with Gasteiger partial charge >= 0.3 is 0 Å². The molecule has 0 radical (unpaired) electrons. The normalized spacial score (nSPS) is 14.1. The summed E-state index contributed by atoms with van der Waals surface area (Å²) < 4.78 is 5.32. The summed E-state index contributed by atoms with van der Waals surface area (Å²) in [5, 5.41) is 15.0. The van der Waals surface area contributed by atoms with E-state index in [1.807, 2.05) is 17.5 Å². The number of amides is 1. The van der Waals surface area contributed by atoms with Crippen LogP contribution in [0.15, 0.2) is 28.0 Å². The molecule has 1 amide bonds. The molecule has 0 aliphatic heterocycles. The number of hydrogen-bond acceptors (Lipinski definition) is 4. The molecule has 2 rings (SSSR count). The van der Waals surface area contributed by atoms with Gasteiger partial charge in [0.25, 0.3) is 5.91 Å². The minimum Gasteiger partial charge on any atom is -0.466 e. The monoisotopic (exact) mass is 279 g/mol. The summed E-state index contributed by atoms with van der Waals surface area (Å²) in [6, 6.07) is 5.43. The molecule has 0 saturated heterocycles. The van der Waals surface area contributed by atoms with Gasteiger partial charge in [0.1, 0.15) is 17.1 Å². The predicted octanol–water partition coefficient (Wildman–Crippen LogP) is 2.60. The zero-order chi connectivity index (χ0) is 14.0. The van der Waals surface area contributed by atoms with Crippen LogP contribution in [0.1, 0.15) is 33.7 Å². The van der Waals surface area contributed by atoms with Crippen LogP contribution in [-0.4, -0.2) is 17.6 Å². The molecule has 102 valence electrons. The molecule has 0 aliphatic rings. The maximum atomic E-state index is 12.0. The largest absolute Gasteiger partial charge is 0.466 e. The van der Waals surface area contributed by atoms with E-state index in [2.05, 4.69) is 5.32 Å². The van der Waals surface area contributed by atoms with E-state index >= 15 is 0 Å². The van der Waals surface area contributed by atoms with E-state index < -0.39 is 5.60 Å². The smallest absolute Gasteiger partial charge is 0.254 e. The van der Waals surface area contributed by atoms with Gasteiger partial charge in [0.15, 0.2) is 0 Å². The van der Waals surface area contributed by atoms with Crippen molar-refractivity contribution >= 4 is 17.2 Å². The van der Waals surface area contributed by atoms with Crippen LogP contribution in [-0.2, 0) is 5.60 Å². The molecule has 0 aromatic carbocycles. The zero-order valence-electron chi connectivity index (χ0n) is 11.2. The lowest BCUT2D eigenvalue weighted by Crippen LogP contribution is -2.38. The first-order chi connectivity index (χ1) is 8.90. The Labute approximate surface area is 116 Å². The third-order valence-corrected chi connectivity index (χ3v) is 4.05. The lowest BCUT2D eigenvalue weighted by atomic mass is 10.1. The number of carbonyl (C=O) groups is 1. The van der Waals surface area contributed by atoms with Crippen LogP contribution in [0.4, 0.5) is 0 Å². The molecule has 19 heavy (non-hydrogen) atoms. The third kappa shape index (κ3) is 3.05. The Hall–Kier alpha value is -1.59. The van der Waals surface area contributed by atoms with Gasteiger partial charge in [0.05, 0.1) is 12.1 Å². The molecule has 2 aromatic rings. The van der Waals surface area contributed by atoms with Gasteiger partial charge in [-0.2, -0.15) is 0 Å². The van der Waals surface area contributed by atoms with Crippen LogP contribution >= 0.6 is 11.3 Å². The Kier molecular flexibility index (Phi) is 3.78. The van der Waals surface area contributed by atoms with Gasteiger partial charge in [-0.3, -0.25) is 4.79 Å². The summed E-state index contributed by atoms with van der Waals surface area (Å²) in [5.41, 5.74) is -0.546. The van der Waals surface area contributed by atoms with Gasteiger partial charge in [0.2, 0.25) is 0 Å². The van der Waals surface area contributed by atoms with Crippen molar-refractivity contribution < 1.29 is 14.3 Å². The zero-order valence-corrected chi connectivity index (χ0v) is 12.0. The first-order valence-corrected chi connectivity index (χ1v) is 6.90. The van der Waals surface area contributed by atoms with Crippen LogP contribution in [0.3, 0.4) is 0 Å². The van der Waals surface area contributed by atoms with E-state index in [1.165, 1.54) is 11.3 Å². The average Bonchev–Trinajstić information content (AvgIpc) is 2.96. The van der Waals surface area contributed by atoms with Crippen molar-refractivity contribution in [2.24, 2.45) is 0 Å². The molecule has 1 atom stereocenters. The maximum Gasteiger partial charge on any atom is 0.254 e. The quantitative estimate of drug-likeness (QED) is 0.904.